The minimum Gasteiger partial charge on any atom is -0.395 e. The fraction of sp³-hybridized carbons (Fsp3) is 0.600. The molecule has 6 heteroatoms. The number of hydrogen-bond acceptors (Lipinski definition) is 5. The van der Waals surface area contributed by atoms with E-state index in [1.807, 2.05) is 6.92 Å². The SMILES string of the molecule is Cc1cc(C)n2cc(CN3CCN(CCO)CC3)nc2n1. The Hall–Kier alpha value is -1.50. The topological polar surface area (TPSA) is 56.9 Å². The van der Waals surface area contributed by atoms with Crippen molar-refractivity contribution in [3.63, 3.8) is 0 Å². The highest BCUT2D eigenvalue weighted by Crippen LogP contribution is 2.11. The van der Waals surface area contributed by atoms with Gasteiger partial charge in [-0.15, -0.1) is 0 Å². The van der Waals surface area contributed by atoms with Crippen LogP contribution >= 0.6 is 0 Å². The summed E-state index contributed by atoms with van der Waals surface area (Å²) in [5, 5.41) is 8.97. The van der Waals surface area contributed by atoms with Gasteiger partial charge in [0.25, 0.3) is 0 Å². The van der Waals surface area contributed by atoms with Crippen molar-refractivity contribution in [1.82, 2.24) is 24.2 Å². The largest absolute Gasteiger partial charge is 0.395 e. The highest BCUT2D eigenvalue weighted by molar-refractivity contribution is 5.34. The second-order valence-electron chi connectivity index (χ2n) is 5.78. The number of nitrogens with zero attached hydrogens (tertiary/aromatic N) is 5. The monoisotopic (exact) mass is 289 g/mol. The Morgan fingerprint density at radius 3 is 2.52 bits per heavy atom. The lowest BCUT2D eigenvalue weighted by Crippen LogP contribution is -2.46. The molecule has 21 heavy (non-hydrogen) atoms. The number of aryl methyl sites for hydroxylation is 2. The maximum absolute atomic E-state index is 8.97. The maximum atomic E-state index is 8.97. The van der Waals surface area contributed by atoms with Gasteiger partial charge in [-0.1, -0.05) is 0 Å². The second kappa shape index (κ2) is 6.09. The first-order valence-corrected chi connectivity index (χ1v) is 7.53. The molecule has 6 nitrogen and oxygen atoms in total. The van der Waals surface area contributed by atoms with Crippen molar-refractivity contribution >= 4 is 5.78 Å². The van der Waals surface area contributed by atoms with E-state index in [0.29, 0.717) is 0 Å². The Kier molecular flexibility index (Phi) is 4.19. The van der Waals surface area contributed by atoms with Crippen LogP contribution in [0.3, 0.4) is 0 Å². The smallest absolute Gasteiger partial charge is 0.234 e. The third-order valence-electron chi connectivity index (χ3n) is 4.08. The second-order valence-corrected chi connectivity index (χ2v) is 5.78. The third-order valence-corrected chi connectivity index (χ3v) is 4.08. The molecule has 0 amide bonds. The molecule has 2 aromatic rings. The molecule has 3 heterocycles. The summed E-state index contributed by atoms with van der Waals surface area (Å²) in [5.41, 5.74) is 3.26. The van der Waals surface area contributed by atoms with Crippen LogP contribution in [0.2, 0.25) is 0 Å². The predicted molar refractivity (Wildman–Crippen MR) is 81.3 cm³/mol. The van der Waals surface area contributed by atoms with Gasteiger partial charge >= 0.3 is 0 Å². The number of hydrogen-bond donors (Lipinski definition) is 1. The number of imidazole rings is 1. The molecule has 0 aromatic carbocycles. The van der Waals surface area contributed by atoms with E-state index in [1.165, 1.54) is 5.69 Å². The molecule has 1 aliphatic heterocycles. The fourth-order valence-corrected chi connectivity index (χ4v) is 2.94. The van der Waals surface area contributed by atoms with Crippen molar-refractivity contribution in [2.45, 2.75) is 20.4 Å². The summed E-state index contributed by atoms with van der Waals surface area (Å²) in [6.07, 6.45) is 2.09. The normalized spacial score (nSPS) is 17.7. The summed E-state index contributed by atoms with van der Waals surface area (Å²) in [6, 6.07) is 2.08. The number of piperazine rings is 1. The molecule has 2 aromatic heterocycles. The highest BCUT2D eigenvalue weighted by atomic mass is 16.3. The van der Waals surface area contributed by atoms with Gasteiger partial charge in [0.05, 0.1) is 12.3 Å². The van der Waals surface area contributed by atoms with E-state index in [4.69, 9.17) is 5.11 Å². The standard InChI is InChI=1S/C15H23N5O/c1-12-9-13(2)20-11-14(17-15(20)16-12)10-19-5-3-18(4-6-19)7-8-21/h9,11,21H,3-8,10H2,1-2H3. The molecule has 3 rings (SSSR count). The summed E-state index contributed by atoms with van der Waals surface area (Å²) in [5.74, 6) is 0.793. The van der Waals surface area contributed by atoms with E-state index in [0.717, 1.165) is 56.4 Å². The van der Waals surface area contributed by atoms with Crippen molar-refractivity contribution in [3.05, 3.63) is 29.3 Å². The van der Waals surface area contributed by atoms with E-state index in [-0.39, 0.29) is 6.61 Å². The van der Waals surface area contributed by atoms with Crippen molar-refractivity contribution < 1.29 is 5.11 Å². The van der Waals surface area contributed by atoms with E-state index in [2.05, 4.69) is 43.4 Å². The van der Waals surface area contributed by atoms with Crippen LogP contribution in [0.5, 0.6) is 0 Å². The van der Waals surface area contributed by atoms with Crippen molar-refractivity contribution in [3.8, 4) is 0 Å². The van der Waals surface area contributed by atoms with Gasteiger partial charge in [0.2, 0.25) is 5.78 Å². The first-order valence-electron chi connectivity index (χ1n) is 7.53. The van der Waals surface area contributed by atoms with Crippen LogP contribution < -0.4 is 0 Å². The van der Waals surface area contributed by atoms with Gasteiger partial charge in [-0.2, -0.15) is 0 Å². The Morgan fingerprint density at radius 1 is 1.10 bits per heavy atom. The minimum atomic E-state index is 0.247. The van der Waals surface area contributed by atoms with Crippen LogP contribution in [0.25, 0.3) is 5.78 Å². The molecular formula is C15H23N5O. The van der Waals surface area contributed by atoms with E-state index in [1.54, 1.807) is 0 Å². The molecule has 0 radical (unpaired) electrons. The molecule has 0 saturated carbocycles. The zero-order valence-electron chi connectivity index (χ0n) is 12.8. The van der Waals surface area contributed by atoms with Crippen LogP contribution in [0.1, 0.15) is 17.1 Å². The molecule has 0 bridgehead atoms. The Labute approximate surface area is 125 Å². The maximum Gasteiger partial charge on any atom is 0.234 e. The molecule has 0 aliphatic carbocycles. The van der Waals surface area contributed by atoms with Gasteiger partial charge in [-0.25, -0.2) is 9.97 Å². The van der Waals surface area contributed by atoms with Gasteiger partial charge < -0.3 is 5.11 Å². The van der Waals surface area contributed by atoms with Gasteiger partial charge in [-0.3, -0.25) is 14.2 Å². The molecule has 1 saturated heterocycles. The average molecular weight is 289 g/mol. The van der Waals surface area contributed by atoms with Crippen LogP contribution in [0.4, 0.5) is 0 Å². The van der Waals surface area contributed by atoms with E-state index >= 15 is 0 Å². The van der Waals surface area contributed by atoms with Crippen LogP contribution in [0.15, 0.2) is 12.3 Å². The molecule has 114 valence electrons. The number of aliphatic hydroxyl groups excluding tert-OH is 1. The Bertz CT molecular complexity index is 616. The van der Waals surface area contributed by atoms with E-state index < -0.39 is 0 Å². The number of fused-ring (bicyclic) bond motifs is 1. The predicted octanol–water partition coefficient (Wildman–Crippen LogP) is 0.456. The van der Waals surface area contributed by atoms with Crippen molar-refractivity contribution in [2.24, 2.45) is 0 Å². The third kappa shape index (κ3) is 3.23. The summed E-state index contributed by atoms with van der Waals surface area (Å²) >= 11 is 0. The first kappa shape index (κ1) is 14.4. The molecule has 1 aliphatic rings. The first-order chi connectivity index (χ1) is 10.2. The van der Waals surface area contributed by atoms with Gasteiger partial charge in [-0.05, 0) is 19.9 Å². The van der Waals surface area contributed by atoms with Crippen LogP contribution in [-0.2, 0) is 6.54 Å². The summed E-state index contributed by atoms with van der Waals surface area (Å²) in [7, 11) is 0. The zero-order chi connectivity index (χ0) is 14.8. The number of rotatable bonds is 4. The molecule has 1 N–H and O–H groups in total. The highest BCUT2D eigenvalue weighted by Gasteiger charge is 2.17. The van der Waals surface area contributed by atoms with Crippen LogP contribution in [0, 0.1) is 13.8 Å². The summed E-state index contributed by atoms with van der Waals surface area (Å²) < 4.78 is 2.06. The molecule has 0 spiro atoms. The zero-order valence-corrected chi connectivity index (χ0v) is 12.8. The Balaban J connectivity index is 1.67. The minimum absolute atomic E-state index is 0.247. The lowest BCUT2D eigenvalue weighted by Gasteiger charge is -2.33. The molecule has 0 unspecified atom stereocenters. The molecule has 1 fully saturated rings. The molecular weight excluding hydrogens is 266 g/mol. The van der Waals surface area contributed by atoms with E-state index in [9.17, 15) is 0 Å². The fourth-order valence-electron chi connectivity index (χ4n) is 2.94. The quantitative estimate of drug-likeness (QED) is 0.886. The molecule has 0 atom stereocenters. The average Bonchev–Trinajstić information content (AvgIpc) is 2.84. The van der Waals surface area contributed by atoms with Gasteiger partial charge in [0.1, 0.15) is 0 Å². The van der Waals surface area contributed by atoms with Gasteiger partial charge in [0, 0.05) is 56.9 Å². The van der Waals surface area contributed by atoms with Crippen molar-refractivity contribution in [2.75, 3.05) is 39.3 Å². The summed E-state index contributed by atoms with van der Waals surface area (Å²) in [6.45, 7) is 10.1. The number of aliphatic hydroxyl groups is 1. The number of aromatic nitrogens is 3. The Morgan fingerprint density at radius 2 is 1.81 bits per heavy atom. The summed E-state index contributed by atoms with van der Waals surface area (Å²) in [4.78, 5) is 13.8. The number of β-amino-alcohol motifs (C(OH)–C–C–N with tert-alkyl or cyclic N) is 1. The van der Waals surface area contributed by atoms with Crippen molar-refractivity contribution in [1.29, 1.82) is 0 Å². The lowest BCUT2D eigenvalue weighted by molar-refractivity contribution is 0.108. The van der Waals surface area contributed by atoms with Crippen LogP contribution in [-0.4, -0.2) is 68.6 Å². The lowest BCUT2D eigenvalue weighted by atomic mass is 10.3. The van der Waals surface area contributed by atoms with Gasteiger partial charge in [0.15, 0.2) is 0 Å².